The third-order valence-electron chi connectivity index (χ3n) is 6.09. The summed E-state index contributed by atoms with van der Waals surface area (Å²) in [6.07, 6.45) is 2.48. The molecule has 1 atom stereocenters. The summed E-state index contributed by atoms with van der Waals surface area (Å²) in [7, 11) is 0. The van der Waals surface area contributed by atoms with E-state index in [9.17, 15) is 24.6 Å². The Morgan fingerprint density at radius 3 is 2.35 bits per heavy atom. The number of aromatic hydroxyl groups is 1. The molecule has 1 unspecified atom stereocenters. The summed E-state index contributed by atoms with van der Waals surface area (Å²) in [4.78, 5) is 41.0. The van der Waals surface area contributed by atoms with Crippen LogP contribution in [0.4, 0.5) is 5.69 Å². The van der Waals surface area contributed by atoms with Gasteiger partial charge in [0, 0.05) is 17.6 Å². The van der Waals surface area contributed by atoms with Gasteiger partial charge in [-0.2, -0.15) is 0 Å². The summed E-state index contributed by atoms with van der Waals surface area (Å²) >= 11 is 0. The molecule has 1 saturated heterocycles. The molecular formula is C24H19NO6. The van der Waals surface area contributed by atoms with Gasteiger partial charge in [-0.15, -0.1) is 0 Å². The lowest BCUT2D eigenvalue weighted by Gasteiger charge is -2.34. The zero-order valence-corrected chi connectivity index (χ0v) is 16.5. The summed E-state index contributed by atoms with van der Waals surface area (Å²) in [5, 5.41) is 21.7. The highest BCUT2D eigenvalue weighted by Crippen LogP contribution is 2.54. The summed E-state index contributed by atoms with van der Waals surface area (Å²) in [6.45, 7) is 0. The lowest BCUT2D eigenvalue weighted by Crippen LogP contribution is -2.53. The highest BCUT2D eigenvalue weighted by Gasteiger charge is 2.68. The molecule has 3 aliphatic rings. The van der Waals surface area contributed by atoms with E-state index in [0.717, 1.165) is 17.7 Å². The number of amides is 1. The number of Topliss-reactive ketones (excluding diaryl/α,β-unsaturated/α-hetero) is 1. The fourth-order valence-corrected chi connectivity index (χ4v) is 4.76. The first kappa shape index (κ1) is 19.1. The largest absolute Gasteiger partial charge is 0.507 e. The predicted octanol–water partition coefficient (Wildman–Crippen LogP) is 3.40. The third-order valence-corrected chi connectivity index (χ3v) is 6.09. The number of hydrogen-bond donors (Lipinski definition) is 2. The van der Waals surface area contributed by atoms with Crippen LogP contribution in [0.25, 0.3) is 5.76 Å². The summed E-state index contributed by atoms with van der Waals surface area (Å²) < 4.78 is 5.58. The fraction of sp³-hybridized carbons (Fsp3) is 0.208. The van der Waals surface area contributed by atoms with Gasteiger partial charge in [-0.25, -0.2) is 4.79 Å². The predicted molar refractivity (Wildman–Crippen MR) is 111 cm³/mol. The minimum Gasteiger partial charge on any atom is -0.507 e. The zero-order valence-electron chi connectivity index (χ0n) is 16.5. The van der Waals surface area contributed by atoms with E-state index in [1.165, 1.54) is 12.1 Å². The number of para-hydroxylation sites is 2. The van der Waals surface area contributed by atoms with E-state index in [2.05, 4.69) is 0 Å². The van der Waals surface area contributed by atoms with Crippen LogP contribution in [0.3, 0.4) is 0 Å². The molecule has 1 spiro atoms. The Morgan fingerprint density at radius 2 is 1.61 bits per heavy atom. The molecule has 156 valence electrons. The number of fused-ring (bicyclic) bond motifs is 1. The average molecular weight is 417 g/mol. The van der Waals surface area contributed by atoms with Crippen LogP contribution in [0.1, 0.15) is 31.2 Å². The van der Waals surface area contributed by atoms with Crippen LogP contribution >= 0.6 is 0 Å². The van der Waals surface area contributed by atoms with Crippen molar-refractivity contribution in [1.82, 2.24) is 0 Å². The van der Waals surface area contributed by atoms with Crippen molar-refractivity contribution >= 4 is 29.1 Å². The highest BCUT2D eigenvalue weighted by atomic mass is 16.5. The molecule has 2 heterocycles. The van der Waals surface area contributed by atoms with Crippen LogP contribution in [0.5, 0.6) is 5.75 Å². The van der Waals surface area contributed by atoms with Gasteiger partial charge in [0.05, 0.1) is 11.3 Å². The van der Waals surface area contributed by atoms with Crippen LogP contribution < -0.4 is 4.90 Å². The molecule has 0 radical (unpaired) electrons. The zero-order chi connectivity index (χ0) is 21.8. The minimum absolute atomic E-state index is 0.00739. The first-order chi connectivity index (χ1) is 15.0. The lowest BCUT2D eigenvalue weighted by molar-refractivity contribution is -0.140. The molecule has 0 aromatic heterocycles. The molecule has 1 amide bonds. The monoisotopic (exact) mass is 417 g/mol. The molecule has 2 N–H and O–H groups in total. The van der Waals surface area contributed by atoms with Gasteiger partial charge < -0.3 is 14.9 Å². The quantitative estimate of drug-likeness (QED) is 0.336. The second-order valence-corrected chi connectivity index (χ2v) is 7.76. The Kier molecular flexibility index (Phi) is 4.22. The van der Waals surface area contributed by atoms with Gasteiger partial charge in [0.2, 0.25) is 5.54 Å². The number of aliphatic hydroxyl groups is 1. The first-order valence-electron chi connectivity index (χ1n) is 10.1. The normalized spacial score (nSPS) is 24.6. The van der Waals surface area contributed by atoms with Crippen LogP contribution in [-0.2, 0) is 19.1 Å². The molecule has 2 aromatic rings. The number of benzene rings is 2. The van der Waals surface area contributed by atoms with Crippen molar-refractivity contribution in [2.75, 3.05) is 4.90 Å². The number of carbonyl (C=O) groups excluding carboxylic acids is 3. The summed E-state index contributed by atoms with van der Waals surface area (Å²) in [5.41, 5.74) is -1.47. The molecule has 2 aliphatic heterocycles. The van der Waals surface area contributed by atoms with E-state index < -0.39 is 29.0 Å². The van der Waals surface area contributed by atoms with Crippen molar-refractivity contribution in [3.8, 4) is 5.75 Å². The molecule has 0 saturated carbocycles. The Hall–Kier alpha value is -3.87. The number of ketones is 1. The molecule has 31 heavy (non-hydrogen) atoms. The Morgan fingerprint density at radius 1 is 0.935 bits per heavy atom. The molecule has 2 aromatic carbocycles. The van der Waals surface area contributed by atoms with E-state index >= 15 is 0 Å². The molecule has 0 bridgehead atoms. The van der Waals surface area contributed by atoms with Crippen LogP contribution in [0, 0.1) is 0 Å². The third kappa shape index (κ3) is 2.49. The van der Waals surface area contributed by atoms with Gasteiger partial charge in [0.25, 0.3) is 5.78 Å². The second kappa shape index (κ2) is 6.84. The number of phenolic OH excluding ortho intramolecular Hbond substituents is 1. The molecule has 5 rings (SSSR count). The molecular weight excluding hydrogens is 398 g/mol. The Balaban J connectivity index is 1.87. The van der Waals surface area contributed by atoms with Gasteiger partial charge in [0.1, 0.15) is 17.3 Å². The molecule has 1 fully saturated rings. The number of aliphatic hydroxyl groups excluding tert-OH is 1. The number of nitrogens with zero attached hydrogens (tertiary/aromatic N) is 1. The Bertz CT molecular complexity index is 1200. The van der Waals surface area contributed by atoms with Crippen molar-refractivity contribution in [2.45, 2.75) is 31.2 Å². The lowest BCUT2D eigenvalue weighted by atomic mass is 9.77. The summed E-state index contributed by atoms with van der Waals surface area (Å²) in [5.74, 6) is -3.11. The van der Waals surface area contributed by atoms with Crippen molar-refractivity contribution in [1.29, 1.82) is 0 Å². The fourth-order valence-electron chi connectivity index (χ4n) is 4.76. The number of carbonyl (C=O) groups is 3. The van der Waals surface area contributed by atoms with Gasteiger partial charge in [-0.1, -0.05) is 42.5 Å². The molecule has 1 aliphatic carbocycles. The number of anilines is 1. The number of phenols is 1. The molecule has 7 nitrogen and oxygen atoms in total. The highest BCUT2D eigenvalue weighted by molar-refractivity contribution is 6.55. The van der Waals surface area contributed by atoms with E-state index in [1.54, 1.807) is 42.5 Å². The van der Waals surface area contributed by atoms with E-state index in [4.69, 9.17) is 4.74 Å². The Labute approximate surface area is 177 Å². The van der Waals surface area contributed by atoms with Gasteiger partial charge in [0.15, 0.2) is 0 Å². The maximum Gasteiger partial charge on any atom is 0.347 e. The number of allylic oxidation sites excluding steroid dienone is 1. The SMILES string of the molecule is O=C1C(=O)N(c2ccccc2O)C2(C(=O)OC3=C2CCCC3)/C1=C(\O)c1ccccc1. The standard InChI is InChI=1S/C24H19NO6/c26-17-12-6-5-11-16(17)25-22(29)21(28)19(20(27)14-8-2-1-3-9-14)24(25)15-10-4-7-13-18(15)31-23(24)30/h1-3,5-6,8-9,11-12,26-27H,4,7,10,13H2/b20-19-. The van der Waals surface area contributed by atoms with E-state index in [1.807, 2.05) is 0 Å². The minimum atomic E-state index is -1.94. The summed E-state index contributed by atoms with van der Waals surface area (Å²) in [6, 6.07) is 14.3. The van der Waals surface area contributed by atoms with Crippen molar-refractivity contribution in [3.05, 3.63) is 77.1 Å². The van der Waals surface area contributed by atoms with Crippen LogP contribution in [0.2, 0.25) is 0 Å². The van der Waals surface area contributed by atoms with Crippen LogP contribution in [0.15, 0.2) is 71.5 Å². The second-order valence-electron chi connectivity index (χ2n) is 7.76. The van der Waals surface area contributed by atoms with Crippen molar-refractivity contribution < 1.29 is 29.3 Å². The maximum absolute atomic E-state index is 13.5. The number of esters is 1. The van der Waals surface area contributed by atoms with Crippen molar-refractivity contribution in [2.24, 2.45) is 0 Å². The average Bonchev–Trinajstić information content (AvgIpc) is 3.20. The number of ether oxygens (including phenoxy) is 1. The van der Waals surface area contributed by atoms with Gasteiger partial charge >= 0.3 is 11.9 Å². The smallest absolute Gasteiger partial charge is 0.347 e. The van der Waals surface area contributed by atoms with Crippen molar-refractivity contribution in [3.63, 3.8) is 0 Å². The topological polar surface area (TPSA) is 104 Å². The van der Waals surface area contributed by atoms with E-state index in [-0.39, 0.29) is 17.0 Å². The van der Waals surface area contributed by atoms with E-state index in [0.29, 0.717) is 29.7 Å². The van der Waals surface area contributed by atoms with Gasteiger partial charge in [-0.05, 0) is 31.4 Å². The maximum atomic E-state index is 13.5. The van der Waals surface area contributed by atoms with Crippen LogP contribution in [-0.4, -0.2) is 33.4 Å². The first-order valence-corrected chi connectivity index (χ1v) is 10.1. The molecule has 7 heteroatoms. The number of rotatable bonds is 2. The number of hydrogen-bond acceptors (Lipinski definition) is 6. The van der Waals surface area contributed by atoms with Gasteiger partial charge in [-0.3, -0.25) is 14.5 Å².